The van der Waals surface area contributed by atoms with Crippen LogP contribution in [0.1, 0.15) is 16.8 Å². The second-order valence-corrected chi connectivity index (χ2v) is 6.83. The number of primary sulfonamides is 1. The van der Waals surface area contributed by atoms with Crippen LogP contribution >= 0.6 is 11.6 Å². The fraction of sp³-hybridized carbons (Fsp3) is 0.417. The second kappa shape index (κ2) is 5.86. The van der Waals surface area contributed by atoms with Gasteiger partial charge < -0.3 is 4.90 Å². The van der Waals surface area contributed by atoms with E-state index in [4.69, 9.17) is 16.7 Å². The molecule has 1 saturated heterocycles. The van der Waals surface area contributed by atoms with E-state index in [1.165, 1.54) is 17.0 Å². The number of likely N-dealkylation sites (tertiary alicyclic amines) is 1. The summed E-state index contributed by atoms with van der Waals surface area (Å²) in [5.74, 6) is -0.573. The van der Waals surface area contributed by atoms with Crippen LogP contribution in [0.4, 0.5) is 8.78 Å². The number of rotatable bonds is 4. The van der Waals surface area contributed by atoms with Gasteiger partial charge in [0.15, 0.2) is 0 Å². The summed E-state index contributed by atoms with van der Waals surface area (Å²) in [5.41, 5.74) is 0.197. The summed E-state index contributed by atoms with van der Waals surface area (Å²) < 4.78 is 46.8. The average Bonchev–Trinajstić information content (AvgIpc) is 2.30. The number of nitrogens with two attached hydrogens (primary N) is 1. The molecule has 0 aromatic heterocycles. The Kier molecular flexibility index (Phi) is 4.50. The Hall–Kier alpha value is -1.25. The van der Waals surface area contributed by atoms with E-state index in [-0.39, 0.29) is 46.8 Å². The zero-order valence-corrected chi connectivity index (χ0v) is 12.4. The molecule has 0 unspecified atom stereocenters. The lowest BCUT2D eigenvalue weighted by Crippen LogP contribution is -2.50. The minimum Gasteiger partial charge on any atom is -0.338 e. The third-order valence-corrected chi connectivity index (χ3v) is 4.64. The molecule has 0 aliphatic carbocycles. The van der Waals surface area contributed by atoms with Crippen molar-refractivity contribution >= 4 is 27.5 Å². The van der Waals surface area contributed by atoms with Gasteiger partial charge in [-0.15, -0.1) is 0 Å². The Labute approximate surface area is 125 Å². The van der Waals surface area contributed by atoms with Crippen LogP contribution in [0.2, 0.25) is 5.02 Å². The van der Waals surface area contributed by atoms with Crippen LogP contribution in [-0.2, 0) is 10.0 Å². The van der Waals surface area contributed by atoms with Crippen molar-refractivity contribution in [1.82, 2.24) is 4.90 Å². The molecule has 1 aliphatic heterocycles. The summed E-state index contributed by atoms with van der Waals surface area (Å²) in [6.07, 6.45) is -2.61. The molecule has 21 heavy (non-hydrogen) atoms. The molecule has 1 aromatic rings. The van der Waals surface area contributed by atoms with Gasteiger partial charge in [0.1, 0.15) is 4.90 Å². The summed E-state index contributed by atoms with van der Waals surface area (Å²) in [6.45, 7) is 0.523. The molecule has 116 valence electrons. The summed E-state index contributed by atoms with van der Waals surface area (Å²) in [4.78, 5) is 13.2. The van der Waals surface area contributed by atoms with Gasteiger partial charge in [-0.2, -0.15) is 0 Å². The third-order valence-electron chi connectivity index (χ3n) is 3.24. The third kappa shape index (κ3) is 3.69. The van der Waals surface area contributed by atoms with Gasteiger partial charge in [-0.3, -0.25) is 4.79 Å². The standard InChI is InChI=1S/C12H13ClF2N2O3S/c13-9-4-8(1-2-10(9)21(16,19)20)12(18)17-5-7(6-17)3-11(14)15/h1-2,4,7,11H,3,5-6H2,(H2,16,19,20). The highest BCUT2D eigenvalue weighted by Gasteiger charge is 2.33. The topological polar surface area (TPSA) is 80.5 Å². The number of hydrogen-bond acceptors (Lipinski definition) is 3. The van der Waals surface area contributed by atoms with Crippen LogP contribution in [0.3, 0.4) is 0 Å². The summed E-state index contributed by atoms with van der Waals surface area (Å²) in [6, 6.07) is 3.67. The van der Waals surface area contributed by atoms with Crippen LogP contribution < -0.4 is 5.14 Å². The van der Waals surface area contributed by atoms with E-state index in [9.17, 15) is 22.0 Å². The van der Waals surface area contributed by atoms with Crippen LogP contribution in [0.5, 0.6) is 0 Å². The van der Waals surface area contributed by atoms with E-state index in [0.29, 0.717) is 0 Å². The SMILES string of the molecule is NS(=O)(=O)c1ccc(C(=O)N2CC(CC(F)F)C2)cc1Cl. The Bertz CT molecular complexity index is 660. The number of nitrogens with zero attached hydrogens (tertiary/aromatic N) is 1. The molecule has 0 atom stereocenters. The molecule has 2 rings (SSSR count). The van der Waals surface area contributed by atoms with E-state index in [2.05, 4.69) is 0 Å². The highest BCUT2D eigenvalue weighted by molar-refractivity contribution is 7.89. The monoisotopic (exact) mass is 338 g/mol. The highest BCUT2D eigenvalue weighted by Crippen LogP contribution is 2.26. The summed E-state index contributed by atoms with van der Waals surface area (Å²) in [7, 11) is -3.95. The van der Waals surface area contributed by atoms with Crippen molar-refractivity contribution in [1.29, 1.82) is 0 Å². The molecule has 0 saturated carbocycles. The van der Waals surface area contributed by atoms with Gasteiger partial charge in [0, 0.05) is 25.1 Å². The van der Waals surface area contributed by atoms with Crippen molar-refractivity contribution in [2.75, 3.05) is 13.1 Å². The molecule has 1 aliphatic rings. The highest BCUT2D eigenvalue weighted by atomic mass is 35.5. The van der Waals surface area contributed by atoms with Gasteiger partial charge in [-0.1, -0.05) is 11.6 Å². The largest absolute Gasteiger partial charge is 0.338 e. The first-order valence-electron chi connectivity index (χ1n) is 6.08. The predicted octanol–water partition coefficient (Wildman–Crippen LogP) is 1.71. The zero-order chi connectivity index (χ0) is 15.8. The molecule has 0 radical (unpaired) electrons. The van der Waals surface area contributed by atoms with Crippen molar-refractivity contribution in [3.05, 3.63) is 28.8 Å². The fourth-order valence-corrected chi connectivity index (χ4v) is 3.28. The lowest BCUT2D eigenvalue weighted by atomic mass is 9.95. The number of carbonyl (C=O) groups excluding carboxylic acids is 1. The average molecular weight is 339 g/mol. The fourth-order valence-electron chi connectivity index (χ4n) is 2.18. The minimum absolute atomic E-state index is 0.145. The molecular formula is C12H13ClF2N2O3S. The minimum atomic E-state index is -3.95. The van der Waals surface area contributed by atoms with E-state index < -0.39 is 16.4 Å². The van der Waals surface area contributed by atoms with Crippen molar-refractivity contribution in [3.8, 4) is 0 Å². The molecule has 9 heteroatoms. The number of sulfonamides is 1. The second-order valence-electron chi connectivity index (χ2n) is 4.89. The lowest BCUT2D eigenvalue weighted by Gasteiger charge is -2.39. The molecule has 5 nitrogen and oxygen atoms in total. The number of benzene rings is 1. The Morgan fingerprint density at radius 1 is 1.43 bits per heavy atom. The number of carbonyl (C=O) groups is 1. The van der Waals surface area contributed by atoms with Crippen molar-refractivity contribution in [2.45, 2.75) is 17.7 Å². The summed E-state index contributed by atoms with van der Waals surface area (Å²) >= 11 is 5.79. The maximum Gasteiger partial charge on any atom is 0.253 e. The first kappa shape index (κ1) is 16.1. The van der Waals surface area contributed by atoms with Gasteiger partial charge in [0.2, 0.25) is 16.4 Å². The lowest BCUT2D eigenvalue weighted by molar-refractivity contribution is 0.0280. The van der Waals surface area contributed by atoms with Gasteiger partial charge in [-0.05, 0) is 24.1 Å². The first-order valence-corrected chi connectivity index (χ1v) is 8.00. The maximum absolute atomic E-state index is 12.2. The van der Waals surface area contributed by atoms with Crippen LogP contribution in [-0.4, -0.2) is 38.7 Å². The molecule has 1 aromatic carbocycles. The predicted molar refractivity (Wildman–Crippen MR) is 72.8 cm³/mol. The Balaban J connectivity index is 2.07. The van der Waals surface area contributed by atoms with Gasteiger partial charge >= 0.3 is 0 Å². The number of halogens is 3. The maximum atomic E-state index is 12.2. The van der Waals surface area contributed by atoms with Crippen LogP contribution in [0, 0.1) is 5.92 Å². The van der Waals surface area contributed by atoms with Crippen molar-refractivity contribution in [3.63, 3.8) is 0 Å². The van der Waals surface area contributed by atoms with E-state index in [1.807, 2.05) is 0 Å². The smallest absolute Gasteiger partial charge is 0.253 e. The Morgan fingerprint density at radius 2 is 2.05 bits per heavy atom. The number of amides is 1. The normalized spacial score (nSPS) is 16.1. The zero-order valence-electron chi connectivity index (χ0n) is 10.8. The molecule has 1 heterocycles. The quantitative estimate of drug-likeness (QED) is 0.907. The number of alkyl halides is 2. The van der Waals surface area contributed by atoms with Crippen LogP contribution in [0.15, 0.2) is 23.1 Å². The van der Waals surface area contributed by atoms with Crippen molar-refractivity contribution in [2.24, 2.45) is 11.1 Å². The van der Waals surface area contributed by atoms with Gasteiger partial charge in [0.05, 0.1) is 5.02 Å². The molecule has 1 fully saturated rings. The van der Waals surface area contributed by atoms with E-state index >= 15 is 0 Å². The first-order chi connectivity index (χ1) is 9.68. The van der Waals surface area contributed by atoms with Gasteiger partial charge in [0.25, 0.3) is 5.91 Å². The van der Waals surface area contributed by atoms with Crippen LogP contribution in [0.25, 0.3) is 0 Å². The molecule has 0 bridgehead atoms. The number of hydrogen-bond donors (Lipinski definition) is 1. The molecule has 0 spiro atoms. The molecular weight excluding hydrogens is 326 g/mol. The van der Waals surface area contributed by atoms with Gasteiger partial charge in [-0.25, -0.2) is 22.3 Å². The van der Waals surface area contributed by atoms with E-state index in [1.54, 1.807) is 0 Å². The molecule has 2 N–H and O–H groups in total. The molecule has 1 amide bonds. The summed E-state index contributed by atoms with van der Waals surface area (Å²) in [5, 5.41) is 4.82. The van der Waals surface area contributed by atoms with E-state index in [0.717, 1.165) is 6.07 Å². The Morgan fingerprint density at radius 3 is 2.52 bits per heavy atom. The van der Waals surface area contributed by atoms with Crippen molar-refractivity contribution < 1.29 is 22.0 Å².